The Morgan fingerprint density at radius 2 is 1.31 bits per heavy atom. The van der Waals surface area contributed by atoms with Gasteiger partial charge in [-0.2, -0.15) is 0 Å². The van der Waals surface area contributed by atoms with E-state index >= 15 is 0 Å². The molecule has 2 rings (SSSR count). The minimum absolute atomic E-state index is 0.0325. The highest BCUT2D eigenvalue weighted by atomic mass is 16.4. The van der Waals surface area contributed by atoms with Crippen LogP contribution in [0.1, 0.15) is 61.4 Å². The fourth-order valence-electron chi connectivity index (χ4n) is 5.67. The number of rotatable bonds is 26. The normalized spacial score (nSPS) is 13.2. The number of hydrogen-bond acceptors (Lipinski definition) is 14. The number of unbranched alkanes of at least 4 members (excludes halogenated alkanes) is 2. The van der Waals surface area contributed by atoms with E-state index in [1.165, 1.54) is 12.6 Å². The zero-order chi connectivity index (χ0) is 45.6. The number of carbonyl (C=O) groups excluding carboxylic acids is 8. The lowest BCUT2D eigenvalue weighted by Crippen LogP contribution is -2.61. The van der Waals surface area contributed by atoms with Crippen molar-refractivity contribution in [1.82, 2.24) is 36.8 Å². The van der Waals surface area contributed by atoms with Gasteiger partial charge < -0.3 is 74.9 Å². The van der Waals surface area contributed by atoms with Crippen molar-refractivity contribution in [2.24, 2.45) is 22.9 Å². The molecule has 0 aliphatic rings. The molecule has 0 bridgehead atoms. The van der Waals surface area contributed by atoms with Gasteiger partial charge in [-0.3, -0.25) is 38.4 Å². The lowest BCUT2D eigenvalue weighted by molar-refractivity contribution is -0.141. The summed E-state index contributed by atoms with van der Waals surface area (Å²) in [4.78, 5) is 103. The molecule has 0 saturated heterocycles. The minimum Gasteiger partial charge on any atom is -0.426 e. The van der Waals surface area contributed by atoms with Crippen LogP contribution < -0.4 is 54.8 Å². The Balaban J connectivity index is 1.98. The van der Waals surface area contributed by atoms with Gasteiger partial charge in [0.25, 0.3) is 17.7 Å². The molecule has 0 aliphatic heterocycles. The van der Waals surface area contributed by atoms with E-state index in [1.54, 1.807) is 24.3 Å². The first-order chi connectivity index (χ1) is 28.9. The van der Waals surface area contributed by atoms with Crippen LogP contribution in [0.3, 0.4) is 0 Å². The van der Waals surface area contributed by atoms with Crippen LogP contribution >= 0.6 is 0 Å². The summed E-state index contributed by atoms with van der Waals surface area (Å²) in [5.74, 6) is -7.54. The summed E-state index contributed by atoms with van der Waals surface area (Å²) in [6.45, 7) is 0.839. The second-order valence-corrected chi connectivity index (χ2v) is 14.0. The zero-order valence-electron chi connectivity index (χ0n) is 34.2. The Bertz CT molecular complexity index is 1800. The molecular weight excluding hydrogens is 797 g/mol. The van der Waals surface area contributed by atoms with Crippen LogP contribution in [0.15, 0.2) is 48.5 Å². The maximum atomic E-state index is 13.3. The number of benzene rings is 2. The standard InChI is InChI=1S/C38H58BN11O11/c1-3-4-7-22-9-11-23(12-10-22)24-13-15-25(16-14-24)33(54)47-27(20-51)35(56)48-31(42)37(58)44-19-30(53)50(2)28(8-5-6-17-40)36(57)49-32(43)38(59)46-26(18-29(41)52)34(55)45-21-39(60)61/h9-16,26-28,31-32,51,60-61H,3-8,17-21,40,42-43H2,1-2H3,(H2,41,52)(H,44,58)(H,45,55)(H,46,59)(H,47,54)(H,48,56)(H,49,57)/t26?,27-,28+,31+,32-/m1/s1. The molecule has 2 aromatic carbocycles. The minimum atomic E-state index is -1.93. The number of amides is 8. The van der Waals surface area contributed by atoms with Gasteiger partial charge in [0.15, 0.2) is 12.3 Å². The number of nitrogens with two attached hydrogens (primary N) is 4. The van der Waals surface area contributed by atoms with Crippen LogP contribution in [0, 0.1) is 0 Å². The Labute approximate surface area is 353 Å². The topological polar surface area (TPSA) is 377 Å². The predicted molar refractivity (Wildman–Crippen MR) is 222 cm³/mol. The first-order valence-electron chi connectivity index (χ1n) is 19.6. The third-order valence-electron chi connectivity index (χ3n) is 9.22. The maximum absolute atomic E-state index is 13.3. The number of nitrogens with one attached hydrogen (secondary N) is 6. The molecule has 1 unspecified atom stereocenters. The van der Waals surface area contributed by atoms with E-state index in [9.17, 15) is 43.5 Å². The van der Waals surface area contributed by atoms with Crippen molar-refractivity contribution in [3.63, 3.8) is 0 Å². The molecule has 0 saturated carbocycles. The summed E-state index contributed by atoms with van der Waals surface area (Å²) >= 11 is 0. The molecule has 334 valence electrons. The average molecular weight is 856 g/mol. The highest BCUT2D eigenvalue weighted by Gasteiger charge is 2.32. The van der Waals surface area contributed by atoms with Gasteiger partial charge in [0.1, 0.15) is 18.1 Å². The van der Waals surface area contributed by atoms with Crippen LogP contribution in [0.2, 0.25) is 0 Å². The Morgan fingerprint density at radius 3 is 1.87 bits per heavy atom. The summed E-state index contributed by atoms with van der Waals surface area (Å²) in [7, 11) is -0.687. The number of hydrogen-bond donors (Lipinski definition) is 13. The second-order valence-electron chi connectivity index (χ2n) is 14.0. The Morgan fingerprint density at radius 1 is 0.721 bits per heavy atom. The van der Waals surface area contributed by atoms with E-state index in [0.717, 1.165) is 35.3 Å². The highest BCUT2D eigenvalue weighted by Crippen LogP contribution is 2.21. The third kappa shape index (κ3) is 17.6. The van der Waals surface area contributed by atoms with Gasteiger partial charge in [0.2, 0.25) is 29.5 Å². The maximum Gasteiger partial charge on any atom is 0.472 e. The second kappa shape index (κ2) is 26.3. The molecule has 23 heteroatoms. The number of aliphatic hydroxyl groups is 1. The number of carbonyl (C=O) groups is 8. The molecule has 17 N–H and O–H groups in total. The molecular formula is C38H58BN11O11. The number of likely N-dealkylation sites (N-methyl/N-ethyl adjacent to an activating group) is 1. The van der Waals surface area contributed by atoms with Crippen molar-refractivity contribution >= 4 is 54.4 Å². The van der Waals surface area contributed by atoms with Crippen LogP contribution in [-0.2, 0) is 40.0 Å². The predicted octanol–water partition coefficient (Wildman–Crippen LogP) is -4.85. The third-order valence-corrected chi connectivity index (χ3v) is 9.22. The summed E-state index contributed by atoms with van der Waals surface area (Å²) in [5, 5.41) is 41.1. The molecule has 0 radical (unpaired) electrons. The molecule has 8 amide bonds. The van der Waals surface area contributed by atoms with E-state index in [1.807, 2.05) is 12.1 Å². The number of primary amides is 1. The zero-order valence-corrected chi connectivity index (χ0v) is 34.2. The molecule has 5 atom stereocenters. The first-order valence-corrected chi connectivity index (χ1v) is 19.6. The summed E-state index contributed by atoms with van der Waals surface area (Å²) in [6, 6.07) is 10.4. The molecule has 22 nitrogen and oxygen atoms in total. The molecule has 0 aliphatic carbocycles. The largest absolute Gasteiger partial charge is 0.472 e. The van der Waals surface area contributed by atoms with Gasteiger partial charge in [-0.1, -0.05) is 49.7 Å². The van der Waals surface area contributed by atoms with Crippen LogP contribution in [0.5, 0.6) is 0 Å². The van der Waals surface area contributed by atoms with E-state index in [-0.39, 0.29) is 18.5 Å². The number of nitrogens with zero attached hydrogens (tertiary/aromatic N) is 1. The van der Waals surface area contributed by atoms with E-state index in [4.69, 9.17) is 33.0 Å². The van der Waals surface area contributed by atoms with Crippen molar-refractivity contribution in [3.8, 4) is 11.1 Å². The first kappa shape index (κ1) is 51.2. The van der Waals surface area contributed by atoms with Gasteiger partial charge in [-0.05, 0) is 67.5 Å². The van der Waals surface area contributed by atoms with Gasteiger partial charge in [-0.15, -0.1) is 0 Å². The molecule has 0 spiro atoms. The van der Waals surface area contributed by atoms with Gasteiger partial charge >= 0.3 is 7.12 Å². The number of aliphatic hydroxyl groups excluding tert-OH is 1. The fourth-order valence-corrected chi connectivity index (χ4v) is 5.67. The number of aryl methyl sites for hydroxylation is 1. The van der Waals surface area contributed by atoms with Crippen molar-refractivity contribution in [2.75, 3.05) is 33.2 Å². The van der Waals surface area contributed by atoms with E-state index < -0.39 is 111 Å². The van der Waals surface area contributed by atoms with E-state index in [0.29, 0.717) is 12.8 Å². The smallest absolute Gasteiger partial charge is 0.426 e. The quantitative estimate of drug-likeness (QED) is 0.0240. The van der Waals surface area contributed by atoms with E-state index in [2.05, 4.69) is 51.0 Å². The van der Waals surface area contributed by atoms with Crippen LogP contribution in [-0.4, -0.2) is 138 Å². The molecule has 0 fully saturated rings. The van der Waals surface area contributed by atoms with Gasteiger partial charge in [0, 0.05) is 12.6 Å². The summed E-state index contributed by atoms with van der Waals surface area (Å²) in [5.41, 5.74) is 25.7. The molecule has 0 heterocycles. The van der Waals surface area contributed by atoms with Gasteiger partial charge in [0.05, 0.1) is 26.0 Å². The highest BCUT2D eigenvalue weighted by molar-refractivity contribution is 6.41. The van der Waals surface area contributed by atoms with Gasteiger partial charge in [-0.25, -0.2) is 0 Å². The lowest BCUT2D eigenvalue weighted by atomic mass is 9.92. The van der Waals surface area contributed by atoms with Crippen LogP contribution in [0.4, 0.5) is 0 Å². The summed E-state index contributed by atoms with van der Waals surface area (Å²) < 4.78 is 0. The Hall–Kier alpha value is -5.98. The van der Waals surface area contributed by atoms with Crippen molar-refractivity contribution < 1.29 is 53.5 Å². The molecule has 2 aromatic rings. The lowest BCUT2D eigenvalue weighted by Gasteiger charge is -2.29. The Kier molecular flexibility index (Phi) is 22.0. The monoisotopic (exact) mass is 855 g/mol. The average Bonchev–Trinajstić information content (AvgIpc) is 3.23. The van der Waals surface area contributed by atoms with Crippen molar-refractivity contribution in [3.05, 3.63) is 59.7 Å². The fraction of sp³-hybridized carbons (Fsp3) is 0.474. The molecule has 0 aromatic heterocycles. The van der Waals surface area contributed by atoms with Crippen molar-refractivity contribution in [2.45, 2.75) is 82.3 Å². The van der Waals surface area contributed by atoms with Crippen molar-refractivity contribution in [1.29, 1.82) is 0 Å². The van der Waals surface area contributed by atoms with Crippen LogP contribution in [0.25, 0.3) is 11.1 Å². The summed E-state index contributed by atoms with van der Waals surface area (Å²) in [6.07, 6.45) is -0.861. The molecule has 61 heavy (non-hydrogen) atoms. The SMILES string of the molecule is CCCCc1ccc(-c2ccc(C(=O)N[C@H](CO)C(=O)N[C@H](N)C(=O)NCC(=O)N(C)[C@@H](CCCCN)C(=O)N[C@@H](N)C(=O)NC(CC(N)=O)C(=O)NCB(O)O)cc2)cc1.